The summed E-state index contributed by atoms with van der Waals surface area (Å²) in [6.45, 7) is 3.23. The minimum absolute atomic E-state index is 0.188. The molecule has 3 aromatic carbocycles. The van der Waals surface area contributed by atoms with Gasteiger partial charge >= 0.3 is 12.1 Å². The van der Waals surface area contributed by atoms with Crippen LogP contribution in [-0.4, -0.2) is 68.2 Å². The van der Waals surface area contributed by atoms with Crippen molar-refractivity contribution in [3.05, 3.63) is 87.9 Å². The van der Waals surface area contributed by atoms with Crippen molar-refractivity contribution in [3.8, 4) is 17.2 Å². The first-order valence-electron chi connectivity index (χ1n) is 13.0. The molecule has 0 aliphatic heterocycles. The number of nitrogens with zero attached hydrogens (tertiary/aromatic N) is 1. The summed E-state index contributed by atoms with van der Waals surface area (Å²) in [7, 11) is 1.53. The zero-order chi connectivity index (χ0) is 29.6. The summed E-state index contributed by atoms with van der Waals surface area (Å²) in [5, 5.41) is 10.3. The Morgan fingerprint density at radius 3 is 2.22 bits per heavy atom. The number of rotatable bonds is 16. The van der Waals surface area contributed by atoms with Crippen molar-refractivity contribution in [2.45, 2.75) is 26.1 Å². The molecule has 0 spiro atoms. The zero-order valence-corrected chi connectivity index (χ0v) is 24.4. The van der Waals surface area contributed by atoms with Gasteiger partial charge in [0.05, 0.1) is 26.9 Å². The zero-order valence-electron chi connectivity index (χ0n) is 22.9. The molecule has 0 aliphatic rings. The third-order valence-electron chi connectivity index (χ3n) is 5.82. The molecule has 1 amide bonds. The Morgan fingerprint density at radius 2 is 1.56 bits per heavy atom. The molecule has 0 aliphatic carbocycles. The van der Waals surface area contributed by atoms with E-state index in [0.717, 1.165) is 11.1 Å². The fourth-order valence-corrected chi connectivity index (χ4v) is 4.38. The number of carbonyl (C=O) groups is 2. The molecule has 3 rings (SSSR count). The highest BCUT2D eigenvalue weighted by Gasteiger charge is 2.19. The van der Waals surface area contributed by atoms with E-state index in [4.69, 9.17) is 46.9 Å². The van der Waals surface area contributed by atoms with Gasteiger partial charge in [0.2, 0.25) is 0 Å². The Labute approximate surface area is 249 Å². The second kappa shape index (κ2) is 16.7. The van der Waals surface area contributed by atoms with Crippen molar-refractivity contribution in [2.24, 2.45) is 0 Å². The lowest BCUT2D eigenvalue weighted by atomic mass is 10.1. The normalized spacial score (nSPS) is 11.5. The number of carbonyl (C=O) groups excluding carboxylic acids is 1. The van der Waals surface area contributed by atoms with Crippen molar-refractivity contribution in [1.29, 1.82) is 0 Å². The second-order valence-corrected chi connectivity index (χ2v) is 9.72. The molecular weight excluding hydrogens is 573 g/mol. The molecule has 0 saturated carbocycles. The van der Waals surface area contributed by atoms with Crippen LogP contribution in [-0.2, 0) is 27.3 Å². The third-order valence-corrected chi connectivity index (χ3v) is 6.26. The van der Waals surface area contributed by atoms with E-state index in [-0.39, 0.29) is 39.3 Å². The van der Waals surface area contributed by atoms with Gasteiger partial charge in [-0.2, -0.15) is 0 Å². The summed E-state index contributed by atoms with van der Waals surface area (Å²) in [5.74, 6) is 0.478. The maximum absolute atomic E-state index is 13.0. The molecule has 0 heterocycles. The third kappa shape index (κ3) is 11.1. The summed E-state index contributed by atoms with van der Waals surface area (Å²) >= 11 is 12.1. The lowest BCUT2D eigenvalue weighted by Crippen LogP contribution is -2.39. The van der Waals surface area contributed by atoms with Crippen LogP contribution in [0.3, 0.4) is 0 Å². The summed E-state index contributed by atoms with van der Waals surface area (Å²) in [6.07, 6.45) is -1.23. The Bertz CT molecular complexity index is 1250. The van der Waals surface area contributed by atoms with E-state index in [1.165, 1.54) is 12.0 Å². The molecule has 220 valence electrons. The van der Waals surface area contributed by atoms with Gasteiger partial charge < -0.3 is 33.7 Å². The fourth-order valence-electron chi connectivity index (χ4n) is 3.81. The molecule has 0 radical (unpaired) electrons. The van der Waals surface area contributed by atoms with Crippen LogP contribution in [0, 0.1) is 0 Å². The van der Waals surface area contributed by atoms with Crippen molar-refractivity contribution in [2.75, 3.05) is 40.0 Å². The number of ether oxygens (including phenoxy) is 5. The predicted octanol–water partition coefficient (Wildman–Crippen LogP) is 6.13. The van der Waals surface area contributed by atoms with Crippen molar-refractivity contribution in [3.63, 3.8) is 0 Å². The molecule has 1 unspecified atom stereocenters. The van der Waals surface area contributed by atoms with Gasteiger partial charge in [0.15, 0.2) is 6.10 Å². The molecule has 1 N–H and O–H groups in total. The topological polar surface area (TPSA) is 104 Å². The minimum Gasteiger partial charge on any atom is -0.497 e. The van der Waals surface area contributed by atoms with E-state index in [1.54, 1.807) is 73.7 Å². The van der Waals surface area contributed by atoms with Crippen LogP contribution in [0.1, 0.15) is 18.1 Å². The smallest absolute Gasteiger partial charge is 0.415 e. The second-order valence-electron chi connectivity index (χ2n) is 8.84. The first-order chi connectivity index (χ1) is 19.8. The predicted molar refractivity (Wildman–Crippen MR) is 155 cm³/mol. The van der Waals surface area contributed by atoms with E-state index in [1.807, 2.05) is 0 Å². The molecular formula is C30H33Cl2NO8. The molecule has 9 nitrogen and oxygen atoms in total. The van der Waals surface area contributed by atoms with Gasteiger partial charge in [0.25, 0.3) is 0 Å². The molecule has 3 aromatic rings. The van der Waals surface area contributed by atoms with E-state index in [9.17, 15) is 14.7 Å². The van der Waals surface area contributed by atoms with Gasteiger partial charge in [0.1, 0.15) is 23.9 Å². The minimum atomic E-state index is -1.01. The van der Waals surface area contributed by atoms with E-state index in [2.05, 4.69) is 0 Å². The van der Waals surface area contributed by atoms with Gasteiger partial charge in [-0.3, -0.25) is 0 Å². The molecule has 11 heteroatoms. The largest absolute Gasteiger partial charge is 0.497 e. The first kappa shape index (κ1) is 32.0. The number of aliphatic carboxylic acids is 1. The standard InChI is InChI=1S/C30H33Cl2NO8/c1-3-39-28(29(34)35)17-21-7-9-25(10-8-21)40-14-12-33(30(36)41-27-6-4-5-26(19-27)37-2)11-13-38-20-22-15-23(31)18-24(32)16-22/h4-10,15-16,18-19,28H,3,11-14,17,20H2,1-2H3,(H,34,35). The maximum Gasteiger partial charge on any atom is 0.415 e. The highest BCUT2D eigenvalue weighted by molar-refractivity contribution is 6.34. The van der Waals surface area contributed by atoms with Crippen LogP contribution in [0.5, 0.6) is 17.2 Å². The Hall–Kier alpha value is -3.50. The lowest BCUT2D eigenvalue weighted by molar-refractivity contribution is -0.149. The molecule has 1 atom stereocenters. The number of methoxy groups -OCH3 is 1. The van der Waals surface area contributed by atoms with Crippen molar-refractivity contribution >= 4 is 35.3 Å². The fraction of sp³-hybridized carbons (Fsp3) is 0.333. The molecule has 0 aromatic heterocycles. The number of hydrogen-bond acceptors (Lipinski definition) is 7. The van der Waals surface area contributed by atoms with Crippen LogP contribution in [0.2, 0.25) is 10.0 Å². The number of hydrogen-bond donors (Lipinski definition) is 1. The number of halogens is 2. The number of benzene rings is 3. The lowest BCUT2D eigenvalue weighted by Gasteiger charge is -2.22. The summed E-state index contributed by atoms with van der Waals surface area (Å²) in [5.41, 5.74) is 1.62. The first-order valence-corrected chi connectivity index (χ1v) is 13.7. The van der Waals surface area contributed by atoms with Gasteiger partial charge in [-0.15, -0.1) is 0 Å². The van der Waals surface area contributed by atoms with Crippen LogP contribution in [0.4, 0.5) is 4.79 Å². The highest BCUT2D eigenvalue weighted by atomic mass is 35.5. The number of carboxylic acid groups (broad SMARTS) is 1. The molecule has 0 fully saturated rings. The Balaban J connectivity index is 1.57. The Morgan fingerprint density at radius 1 is 0.878 bits per heavy atom. The van der Waals surface area contributed by atoms with Crippen molar-refractivity contribution < 1.29 is 38.4 Å². The van der Waals surface area contributed by atoms with Crippen LogP contribution < -0.4 is 14.2 Å². The maximum atomic E-state index is 13.0. The van der Waals surface area contributed by atoms with E-state index >= 15 is 0 Å². The summed E-state index contributed by atoms with van der Waals surface area (Å²) < 4.78 is 27.6. The Kier molecular flexibility index (Phi) is 13.0. The quantitative estimate of drug-likeness (QED) is 0.194. The average molecular weight is 606 g/mol. The van der Waals surface area contributed by atoms with Crippen molar-refractivity contribution in [1.82, 2.24) is 4.90 Å². The van der Waals surface area contributed by atoms with Crippen LogP contribution >= 0.6 is 23.2 Å². The van der Waals surface area contributed by atoms with E-state index < -0.39 is 18.2 Å². The highest BCUT2D eigenvalue weighted by Crippen LogP contribution is 2.21. The number of amides is 1. The van der Waals surface area contributed by atoms with Crippen LogP contribution in [0.25, 0.3) is 0 Å². The molecule has 0 saturated heterocycles. The van der Waals surface area contributed by atoms with Gasteiger partial charge in [-0.25, -0.2) is 9.59 Å². The van der Waals surface area contributed by atoms with Gasteiger partial charge in [0, 0.05) is 35.7 Å². The number of carboxylic acids is 1. The van der Waals surface area contributed by atoms with Crippen LogP contribution in [0.15, 0.2) is 66.7 Å². The monoisotopic (exact) mass is 605 g/mol. The SMILES string of the molecule is CCOC(Cc1ccc(OCCN(CCOCc2cc(Cl)cc(Cl)c2)C(=O)Oc2cccc(OC)c2)cc1)C(=O)O. The van der Waals surface area contributed by atoms with E-state index in [0.29, 0.717) is 33.9 Å². The van der Waals surface area contributed by atoms with Gasteiger partial charge in [-0.1, -0.05) is 41.4 Å². The summed E-state index contributed by atoms with van der Waals surface area (Å²) in [4.78, 5) is 25.8. The van der Waals surface area contributed by atoms with Gasteiger partial charge in [-0.05, 0) is 60.5 Å². The summed E-state index contributed by atoms with van der Waals surface area (Å²) in [6, 6.07) is 19.0. The average Bonchev–Trinajstić information content (AvgIpc) is 2.94. The molecule has 41 heavy (non-hydrogen) atoms. The molecule has 0 bridgehead atoms.